The molecule has 0 fully saturated rings. The van der Waals surface area contributed by atoms with Crippen molar-refractivity contribution in [2.45, 2.75) is 5.41 Å². The van der Waals surface area contributed by atoms with E-state index in [1.54, 1.807) is 0 Å². The summed E-state index contributed by atoms with van der Waals surface area (Å²) in [5, 5.41) is 7.40. The Morgan fingerprint density at radius 3 is 1.61 bits per heavy atom. The highest BCUT2D eigenvalue weighted by atomic mass is 15.0. The average molecular weight is 851 g/mol. The highest BCUT2D eigenvalue weighted by Gasteiger charge is 2.48. The van der Waals surface area contributed by atoms with E-state index in [0.29, 0.717) is 0 Å². The molecular weight excluding hydrogens is 809 g/mol. The first kappa shape index (κ1) is 37.6. The number of nitrogens with zero attached hydrogens (tertiary/aromatic N) is 2. The van der Waals surface area contributed by atoms with Crippen LogP contribution in [0, 0.1) is 0 Å². The van der Waals surface area contributed by atoms with Gasteiger partial charge in [-0.15, -0.1) is 0 Å². The molecule has 2 nitrogen and oxygen atoms in total. The van der Waals surface area contributed by atoms with Crippen LogP contribution in [0.4, 0.5) is 0 Å². The van der Waals surface area contributed by atoms with Crippen LogP contribution < -0.4 is 0 Å². The molecule has 0 amide bonds. The SMILES string of the molecule is c1ccc(-c2cccc(-n3c4ccccc4c4cc(-c5ccc6c(c5)c5ccc7c(c5n6-c5cccc6ccccc56)C(c5ccccc5)(c5ccccc5)c5ccccc5-7)ccc43)c2)cc1. The molecule has 0 aliphatic heterocycles. The van der Waals surface area contributed by atoms with Crippen molar-refractivity contribution in [3.63, 3.8) is 0 Å². The van der Waals surface area contributed by atoms with Gasteiger partial charge in [0.2, 0.25) is 0 Å². The fourth-order valence-corrected chi connectivity index (χ4v) is 11.8. The summed E-state index contributed by atoms with van der Waals surface area (Å²) >= 11 is 0. The van der Waals surface area contributed by atoms with Gasteiger partial charge in [0.25, 0.3) is 0 Å². The minimum atomic E-state index is -0.576. The number of fused-ring (bicyclic) bond motifs is 11. The standard InChI is InChI=1S/C65H42N2/c1-4-18-43(19-5-1)45-22-16-27-50(40-45)66-60-32-15-13-30-53(60)56-41-46(34-38-61(56)66)47-35-39-62-57(42-47)55-37-36-54-52-29-12-14-31-58(52)65(48-23-6-2-7-24-48,49-25-8-3-9-26-49)63(54)64(55)67(62)59-33-17-21-44-20-10-11-28-51(44)59/h1-42H. The van der Waals surface area contributed by atoms with Gasteiger partial charge < -0.3 is 9.13 Å². The highest BCUT2D eigenvalue weighted by Crippen LogP contribution is 2.59. The molecule has 0 bridgehead atoms. The Kier molecular flexibility index (Phi) is 8.23. The van der Waals surface area contributed by atoms with Crippen LogP contribution in [0.3, 0.4) is 0 Å². The molecule has 13 aromatic rings. The largest absolute Gasteiger partial charge is 0.309 e. The molecule has 312 valence electrons. The maximum Gasteiger partial charge on any atom is 0.0734 e. The second-order valence-corrected chi connectivity index (χ2v) is 18.0. The third kappa shape index (κ3) is 5.45. The van der Waals surface area contributed by atoms with E-state index in [0.717, 1.165) is 5.69 Å². The van der Waals surface area contributed by atoms with Gasteiger partial charge in [-0.25, -0.2) is 0 Å². The maximum atomic E-state index is 2.59. The normalized spacial score (nSPS) is 12.9. The van der Waals surface area contributed by atoms with Crippen molar-refractivity contribution in [3.8, 4) is 44.8 Å². The Morgan fingerprint density at radius 1 is 0.299 bits per heavy atom. The molecule has 14 rings (SSSR count). The van der Waals surface area contributed by atoms with Crippen molar-refractivity contribution in [1.82, 2.24) is 9.13 Å². The monoisotopic (exact) mass is 850 g/mol. The smallest absolute Gasteiger partial charge is 0.0734 e. The minimum absolute atomic E-state index is 0.576. The molecule has 0 saturated carbocycles. The molecular formula is C65H42N2. The number of benzene rings is 11. The summed E-state index contributed by atoms with van der Waals surface area (Å²) in [6.07, 6.45) is 0. The van der Waals surface area contributed by atoms with Crippen molar-refractivity contribution in [2.24, 2.45) is 0 Å². The van der Waals surface area contributed by atoms with Gasteiger partial charge in [-0.1, -0.05) is 206 Å². The molecule has 1 aliphatic rings. The van der Waals surface area contributed by atoms with Gasteiger partial charge in [-0.3, -0.25) is 0 Å². The van der Waals surface area contributed by atoms with Crippen molar-refractivity contribution in [3.05, 3.63) is 277 Å². The summed E-state index contributed by atoms with van der Waals surface area (Å²) in [5.41, 5.74) is 19.1. The Bertz CT molecular complexity index is 4040. The summed E-state index contributed by atoms with van der Waals surface area (Å²) in [6, 6.07) is 94.4. The zero-order valence-electron chi connectivity index (χ0n) is 36.6. The molecule has 11 aromatic carbocycles. The second kappa shape index (κ2) is 14.7. The summed E-state index contributed by atoms with van der Waals surface area (Å²) in [4.78, 5) is 0. The third-order valence-electron chi connectivity index (χ3n) is 14.6. The van der Waals surface area contributed by atoms with Gasteiger partial charge in [0.05, 0.1) is 33.2 Å². The quantitative estimate of drug-likeness (QED) is 0.158. The lowest BCUT2D eigenvalue weighted by molar-refractivity contribution is 0.772. The number of aromatic nitrogens is 2. The van der Waals surface area contributed by atoms with E-state index >= 15 is 0 Å². The lowest BCUT2D eigenvalue weighted by Crippen LogP contribution is -2.29. The lowest BCUT2D eigenvalue weighted by atomic mass is 9.67. The Hall–Kier alpha value is -8.72. The van der Waals surface area contributed by atoms with Crippen LogP contribution in [0.2, 0.25) is 0 Å². The molecule has 1 aliphatic carbocycles. The fraction of sp³-hybridized carbons (Fsp3) is 0.0154. The van der Waals surface area contributed by atoms with Crippen LogP contribution in [0.25, 0.3) is 99.1 Å². The Morgan fingerprint density at radius 2 is 0.851 bits per heavy atom. The summed E-state index contributed by atoms with van der Waals surface area (Å²) in [7, 11) is 0. The lowest BCUT2D eigenvalue weighted by Gasteiger charge is -2.34. The van der Waals surface area contributed by atoms with Crippen LogP contribution in [-0.4, -0.2) is 9.13 Å². The van der Waals surface area contributed by atoms with Gasteiger partial charge in [0.15, 0.2) is 0 Å². The average Bonchev–Trinajstić information content (AvgIpc) is 4.03. The molecule has 2 aromatic heterocycles. The van der Waals surface area contributed by atoms with Gasteiger partial charge in [0.1, 0.15) is 0 Å². The van der Waals surface area contributed by atoms with Crippen molar-refractivity contribution < 1.29 is 0 Å². The predicted molar refractivity (Wildman–Crippen MR) is 281 cm³/mol. The molecule has 2 heterocycles. The summed E-state index contributed by atoms with van der Waals surface area (Å²) in [6.45, 7) is 0. The van der Waals surface area contributed by atoms with Crippen molar-refractivity contribution in [1.29, 1.82) is 0 Å². The predicted octanol–water partition coefficient (Wildman–Crippen LogP) is 16.7. The molecule has 67 heavy (non-hydrogen) atoms. The second-order valence-electron chi connectivity index (χ2n) is 18.0. The van der Waals surface area contributed by atoms with Gasteiger partial charge >= 0.3 is 0 Å². The van der Waals surface area contributed by atoms with Crippen LogP contribution >= 0.6 is 0 Å². The van der Waals surface area contributed by atoms with E-state index in [9.17, 15) is 0 Å². The van der Waals surface area contributed by atoms with E-state index in [-0.39, 0.29) is 0 Å². The van der Waals surface area contributed by atoms with E-state index in [1.165, 1.54) is 116 Å². The van der Waals surface area contributed by atoms with Crippen LogP contribution in [0.1, 0.15) is 22.3 Å². The minimum Gasteiger partial charge on any atom is -0.309 e. The molecule has 0 atom stereocenters. The van der Waals surface area contributed by atoms with Gasteiger partial charge in [-0.05, 0) is 104 Å². The molecule has 2 heteroatoms. The molecule has 0 unspecified atom stereocenters. The molecule has 0 saturated heterocycles. The van der Waals surface area contributed by atoms with E-state index < -0.39 is 5.41 Å². The van der Waals surface area contributed by atoms with E-state index in [2.05, 4.69) is 264 Å². The highest BCUT2D eigenvalue weighted by molar-refractivity contribution is 6.16. The van der Waals surface area contributed by atoms with Crippen LogP contribution in [0.5, 0.6) is 0 Å². The van der Waals surface area contributed by atoms with Crippen LogP contribution in [-0.2, 0) is 5.41 Å². The van der Waals surface area contributed by atoms with Crippen molar-refractivity contribution in [2.75, 3.05) is 0 Å². The summed E-state index contributed by atoms with van der Waals surface area (Å²) < 4.78 is 5.01. The number of hydrogen-bond acceptors (Lipinski definition) is 0. The van der Waals surface area contributed by atoms with E-state index in [4.69, 9.17) is 0 Å². The van der Waals surface area contributed by atoms with Gasteiger partial charge in [0, 0.05) is 38.2 Å². The zero-order valence-corrected chi connectivity index (χ0v) is 36.6. The number of para-hydroxylation sites is 1. The van der Waals surface area contributed by atoms with Gasteiger partial charge in [-0.2, -0.15) is 0 Å². The zero-order chi connectivity index (χ0) is 44.1. The molecule has 0 radical (unpaired) electrons. The Labute approximate surface area is 388 Å². The first-order chi connectivity index (χ1) is 33.3. The third-order valence-corrected chi connectivity index (χ3v) is 14.6. The molecule has 0 spiro atoms. The number of hydrogen-bond donors (Lipinski definition) is 0. The molecule has 0 N–H and O–H groups in total. The first-order valence-electron chi connectivity index (χ1n) is 23.3. The maximum absolute atomic E-state index is 2.59. The van der Waals surface area contributed by atoms with E-state index in [1.807, 2.05) is 0 Å². The fourth-order valence-electron chi connectivity index (χ4n) is 11.8. The van der Waals surface area contributed by atoms with Crippen LogP contribution in [0.15, 0.2) is 255 Å². The Balaban J connectivity index is 1.05. The topological polar surface area (TPSA) is 9.86 Å². The number of rotatable bonds is 6. The van der Waals surface area contributed by atoms with Crippen molar-refractivity contribution >= 4 is 54.4 Å². The summed E-state index contributed by atoms with van der Waals surface area (Å²) in [5.74, 6) is 0. The first-order valence-corrected chi connectivity index (χ1v) is 23.3.